The van der Waals surface area contributed by atoms with Gasteiger partial charge in [-0.3, -0.25) is 4.79 Å². The summed E-state index contributed by atoms with van der Waals surface area (Å²) in [6, 6.07) is 10.2. The van der Waals surface area contributed by atoms with Crippen LogP contribution in [0.4, 0.5) is 5.82 Å². The number of benzene rings is 1. The largest absolute Gasteiger partial charge is 0.357 e. The Balaban J connectivity index is 1.63. The van der Waals surface area contributed by atoms with Crippen LogP contribution in [0, 0.1) is 0 Å². The average molecular weight is 322 g/mol. The summed E-state index contributed by atoms with van der Waals surface area (Å²) in [7, 11) is 0. The Kier molecular flexibility index (Phi) is 3.84. The van der Waals surface area contributed by atoms with E-state index in [1.54, 1.807) is 6.20 Å². The number of nitrogens with one attached hydrogen (secondary N) is 2. The van der Waals surface area contributed by atoms with E-state index in [1.807, 2.05) is 16.8 Å². The molecule has 2 heterocycles. The van der Waals surface area contributed by atoms with Crippen LogP contribution in [0.2, 0.25) is 0 Å². The van der Waals surface area contributed by atoms with Crippen LogP contribution in [-0.4, -0.2) is 20.7 Å². The second-order valence-electron chi connectivity index (χ2n) is 6.44. The molecule has 3 aromatic rings. The van der Waals surface area contributed by atoms with Crippen LogP contribution in [0.25, 0.3) is 10.9 Å². The van der Waals surface area contributed by atoms with E-state index < -0.39 is 0 Å². The number of carbonyl (C=O) groups is 1. The second-order valence-corrected chi connectivity index (χ2v) is 6.44. The molecule has 2 aromatic heterocycles. The number of fused-ring (bicyclic) bond motifs is 3. The maximum atomic E-state index is 12.9. The molecule has 1 aromatic carbocycles. The molecule has 4 rings (SSSR count). The van der Waals surface area contributed by atoms with Crippen LogP contribution in [0.15, 0.2) is 36.5 Å². The molecule has 1 amide bonds. The van der Waals surface area contributed by atoms with Gasteiger partial charge in [0, 0.05) is 29.2 Å². The lowest BCUT2D eigenvalue weighted by atomic mass is 9.86. The minimum absolute atomic E-state index is 0.0559. The van der Waals surface area contributed by atoms with Crippen LogP contribution in [0.1, 0.15) is 43.4 Å². The fraction of sp³-hybridized carbons (Fsp3) is 0.368. The Morgan fingerprint density at radius 3 is 3.12 bits per heavy atom. The van der Waals surface area contributed by atoms with Gasteiger partial charge < -0.3 is 10.3 Å². The molecule has 0 aliphatic heterocycles. The number of para-hydroxylation sites is 1. The Bertz CT molecular complexity index is 877. The van der Waals surface area contributed by atoms with E-state index in [0.717, 1.165) is 49.3 Å². The van der Waals surface area contributed by atoms with Gasteiger partial charge in [-0.15, -0.1) is 0 Å². The number of hydrogen-bond acceptors (Lipinski definition) is 2. The predicted molar refractivity (Wildman–Crippen MR) is 95.1 cm³/mol. The molecule has 0 fully saturated rings. The van der Waals surface area contributed by atoms with Crippen molar-refractivity contribution in [2.75, 3.05) is 5.32 Å². The Morgan fingerprint density at radius 2 is 2.25 bits per heavy atom. The third-order valence-corrected chi connectivity index (χ3v) is 4.83. The smallest absolute Gasteiger partial charge is 0.234 e. The third-order valence-electron chi connectivity index (χ3n) is 4.83. The maximum Gasteiger partial charge on any atom is 0.234 e. The highest BCUT2D eigenvalue weighted by Gasteiger charge is 2.29. The maximum absolute atomic E-state index is 12.9. The lowest BCUT2D eigenvalue weighted by Crippen LogP contribution is -2.26. The summed E-state index contributed by atoms with van der Waals surface area (Å²) >= 11 is 0. The molecule has 5 nitrogen and oxygen atoms in total. The van der Waals surface area contributed by atoms with E-state index >= 15 is 0 Å². The van der Waals surface area contributed by atoms with Crippen molar-refractivity contribution in [1.82, 2.24) is 14.8 Å². The molecular weight excluding hydrogens is 300 g/mol. The van der Waals surface area contributed by atoms with Gasteiger partial charge in [0.25, 0.3) is 0 Å². The van der Waals surface area contributed by atoms with Crippen LogP contribution < -0.4 is 5.32 Å². The van der Waals surface area contributed by atoms with Gasteiger partial charge in [-0.05, 0) is 37.3 Å². The summed E-state index contributed by atoms with van der Waals surface area (Å²) in [6.07, 6.45) is 5.69. The van der Waals surface area contributed by atoms with Crippen molar-refractivity contribution in [3.8, 4) is 0 Å². The first-order valence-corrected chi connectivity index (χ1v) is 8.70. The highest BCUT2D eigenvalue weighted by Crippen LogP contribution is 2.36. The number of amides is 1. The van der Waals surface area contributed by atoms with Crippen molar-refractivity contribution >= 4 is 22.6 Å². The van der Waals surface area contributed by atoms with Gasteiger partial charge in [0.15, 0.2) is 0 Å². The van der Waals surface area contributed by atoms with E-state index in [9.17, 15) is 4.79 Å². The minimum atomic E-state index is -0.119. The van der Waals surface area contributed by atoms with Crippen molar-refractivity contribution in [1.29, 1.82) is 0 Å². The molecular formula is C19H22N4O. The molecule has 0 radical (unpaired) electrons. The molecule has 0 saturated heterocycles. The molecule has 1 aliphatic carbocycles. The van der Waals surface area contributed by atoms with Crippen molar-refractivity contribution in [2.45, 2.75) is 45.1 Å². The number of aromatic amines is 1. The van der Waals surface area contributed by atoms with Gasteiger partial charge in [-0.25, -0.2) is 4.68 Å². The lowest BCUT2D eigenvalue weighted by molar-refractivity contribution is -0.118. The van der Waals surface area contributed by atoms with Crippen LogP contribution >= 0.6 is 0 Å². The SMILES string of the molecule is CCCn1nccc1NC(=O)C1CCCc2c1[nH]c1ccccc21. The van der Waals surface area contributed by atoms with Gasteiger partial charge >= 0.3 is 0 Å². The molecule has 1 unspecified atom stereocenters. The summed E-state index contributed by atoms with van der Waals surface area (Å²) in [5.74, 6) is 0.719. The first kappa shape index (κ1) is 15.0. The van der Waals surface area contributed by atoms with Gasteiger partial charge in [-0.2, -0.15) is 5.10 Å². The number of anilines is 1. The topological polar surface area (TPSA) is 62.7 Å². The third kappa shape index (κ3) is 2.50. The highest BCUT2D eigenvalue weighted by atomic mass is 16.2. The summed E-state index contributed by atoms with van der Waals surface area (Å²) < 4.78 is 1.85. The van der Waals surface area contributed by atoms with Crippen molar-refractivity contribution in [3.63, 3.8) is 0 Å². The van der Waals surface area contributed by atoms with E-state index in [-0.39, 0.29) is 11.8 Å². The highest BCUT2D eigenvalue weighted by molar-refractivity contribution is 5.97. The number of carbonyl (C=O) groups excluding carboxylic acids is 1. The average Bonchev–Trinajstić information content (AvgIpc) is 3.19. The summed E-state index contributed by atoms with van der Waals surface area (Å²) in [5, 5.41) is 8.60. The normalized spacial score (nSPS) is 17.0. The number of hydrogen-bond donors (Lipinski definition) is 2. The van der Waals surface area contributed by atoms with Gasteiger partial charge in [0.05, 0.1) is 12.1 Å². The number of aryl methyl sites for hydroxylation is 2. The van der Waals surface area contributed by atoms with E-state index in [2.05, 4.69) is 40.5 Å². The molecule has 1 atom stereocenters. The molecule has 24 heavy (non-hydrogen) atoms. The Labute approximate surface area is 141 Å². The van der Waals surface area contributed by atoms with E-state index in [4.69, 9.17) is 0 Å². The lowest BCUT2D eigenvalue weighted by Gasteiger charge is -2.22. The molecule has 5 heteroatoms. The van der Waals surface area contributed by atoms with Crippen molar-refractivity contribution in [2.24, 2.45) is 0 Å². The van der Waals surface area contributed by atoms with Crippen LogP contribution in [0.3, 0.4) is 0 Å². The molecule has 2 N–H and O–H groups in total. The Hall–Kier alpha value is -2.56. The summed E-state index contributed by atoms with van der Waals surface area (Å²) in [6.45, 7) is 2.91. The van der Waals surface area contributed by atoms with Crippen LogP contribution in [0.5, 0.6) is 0 Å². The number of nitrogens with zero attached hydrogens (tertiary/aromatic N) is 2. The second kappa shape index (κ2) is 6.15. The number of aromatic nitrogens is 3. The summed E-state index contributed by atoms with van der Waals surface area (Å²) in [5.41, 5.74) is 3.51. The van der Waals surface area contributed by atoms with Crippen molar-refractivity contribution < 1.29 is 4.79 Å². The Morgan fingerprint density at radius 1 is 1.38 bits per heavy atom. The molecule has 0 bridgehead atoms. The van der Waals surface area contributed by atoms with E-state index in [0.29, 0.717) is 0 Å². The van der Waals surface area contributed by atoms with Gasteiger partial charge in [0.1, 0.15) is 5.82 Å². The summed E-state index contributed by atoms with van der Waals surface area (Å²) in [4.78, 5) is 16.4. The van der Waals surface area contributed by atoms with Crippen molar-refractivity contribution in [3.05, 3.63) is 47.8 Å². The first-order valence-electron chi connectivity index (χ1n) is 8.70. The zero-order valence-electron chi connectivity index (χ0n) is 13.9. The number of rotatable bonds is 4. The molecule has 0 spiro atoms. The molecule has 124 valence electrons. The monoisotopic (exact) mass is 322 g/mol. The molecule has 1 aliphatic rings. The zero-order valence-corrected chi connectivity index (χ0v) is 13.9. The van der Waals surface area contributed by atoms with Gasteiger partial charge in [0.2, 0.25) is 5.91 Å². The quantitative estimate of drug-likeness (QED) is 0.767. The van der Waals surface area contributed by atoms with Gasteiger partial charge in [-0.1, -0.05) is 25.1 Å². The minimum Gasteiger partial charge on any atom is -0.357 e. The molecule has 0 saturated carbocycles. The predicted octanol–water partition coefficient (Wildman–Crippen LogP) is 3.83. The van der Waals surface area contributed by atoms with E-state index in [1.165, 1.54) is 10.9 Å². The fourth-order valence-electron chi connectivity index (χ4n) is 3.72. The number of H-pyrrole nitrogens is 1. The zero-order chi connectivity index (χ0) is 16.5. The fourth-order valence-corrected chi connectivity index (χ4v) is 3.72. The van der Waals surface area contributed by atoms with Crippen LogP contribution in [-0.2, 0) is 17.8 Å². The standard InChI is InChI=1S/C19H22N4O/c1-2-12-23-17(10-11-20-23)22-19(24)15-8-5-7-14-13-6-3-4-9-16(13)21-18(14)15/h3-4,6,9-11,15,21H,2,5,7-8,12H2,1H3,(H,22,24). The first-order chi connectivity index (χ1) is 11.8.